The summed E-state index contributed by atoms with van der Waals surface area (Å²) in [4.78, 5) is 0. The quantitative estimate of drug-likeness (QED) is 0.833. The Labute approximate surface area is 115 Å². The number of aryl methyl sites for hydroxylation is 1. The molecule has 106 valence electrons. The molecule has 0 atom stereocenters. The molecule has 2 aliphatic rings. The molecule has 2 saturated carbocycles. The van der Waals surface area contributed by atoms with E-state index in [0.717, 1.165) is 24.5 Å². The molecule has 4 heteroatoms. The normalized spacial score (nSPS) is 24.5. The van der Waals surface area contributed by atoms with Gasteiger partial charge < -0.3 is 10.3 Å². The SMILES string of the molecule is Cc1nnc(C2(N)CCCCCC2)n1C1CCCC1. The van der Waals surface area contributed by atoms with E-state index in [-0.39, 0.29) is 5.54 Å². The van der Waals surface area contributed by atoms with Crippen molar-refractivity contribution in [2.24, 2.45) is 5.73 Å². The lowest BCUT2D eigenvalue weighted by Crippen LogP contribution is -2.39. The van der Waals surface area contributed by atoms with Crippen LogP contribution in [0.1, 0.15) is 81.9 Å². The van der Waals surface area contributed by atoms with Crippen LogP contribution >= 0.6 is 0 Å². The number of nitrogens with zero attached hydrogens (tertiary/aromatic N) is 3. The number of hydrogen-bond donors (Lipinski definition) is 1. The van der Waals surface area contributed by atoms with Gasteiger partial charge in [-0.05, 0) is 32.6 Å². The van der Waals surface area contributed by atoms with Crippen LogP contribution in [0, 0.1) is 6.92 Å². The lowest BCUT2D eigenvalue weighted by molar-refractivity contribution is 0.329. The molecule has 0 bridgehead atoms. The minimum Gasteiger partial charge on any atom is -0.319 e. The Bertz CT molecular complexity index is 423. The Morgan fingerprint density at radius 3 is 2.26 bits per heavy atom. The average Bonchev–Trinajstić information content (AvgIpc) is 2.97. The van der Waals surface area contributed by atoms with E-state index in [1.807, 2.05) is 0 Å². The maximum atomic E-state index is 6.74. The summed E-state index contributed by atoms with van der Waals surface area (Å²) in [6, 6.07) is 0.591. The monoisotopic (exact) mass is 262 g/mol. The fourth-order valence-electron chi connectivity index (χ4n) is 3.89. The van der Waals surface area contributed by atoms with Crippen molar-refractivity contribution in [1.29, 1.82) is 0 Å². The van der Waals surface area contributed by atoms with E-state index in [1.54, 1.807) is 0 Å². The Kier molecular flexibility index (Phi) is 3.61. The third kappa shape index (κ3) is 2.42. The lowest BCUT2D eigenvalue weighted by Gasteiger charge is -2.29. The second-order valence-electron chi connectivity index (χ2n) is 6.45. The first-order chi connectivity index (χ1) is 9.21. The standard InChI is InChI=1S/C15H26N4/c1-12-17-18-14(19(12)13-8-4-5-9-13)15(16)10-6-2-3-7-11-15/h13H,2-11,16H2,1H3. The van der Waals surface area contributed by atoms with Gasteiger partial charge in [0.2, 0.25) is 0 Å². The zero-order valence-corrected chi connectivity index (χ0v) is 12.1. The Balaban J connectivity index is 1.94. The van der Waals surface area contributed by atoms with Crippen molar-refractivity contribution in [3.05, 3.63) is 11.6 Å². The Hall–Kier alpha value is -0.900. The maximum absolute atomic E-state index is 6.74. The van der Waals surface area contributed by atoms with Crippen molar-refractivity contribution >= 4 is 0 Å². The highest BCUT2D eigenvalue weighted by Gasteiger charge is 2.36. The molecule has 0 aliphatic heterocycles. The molecule has 1 heterocycles. The molecule has 4 nitrogen and oxygen atoms in total. The maximum Gasteiger partial charge on any atom is 0.153 e. The topological polar surface area (TPSA) is 56.7 Å². The summed E-state index contributed by atoms with van der Waals surface area (Å²) in [5.41, 5.74) is 6.50. The van der Waals surface area contributed by atoms with Gasteiger partial charge in [0.15, 0.2) is 5.82 Å². The van der Waals surface area contributed by atoms with E-state index < -0.39 is 0 Å². The van der Waals surface area contributed by atoms with Gasteiger partial charge in [-0.2, -0.15) is 0 Å². The van der Waals surface area contributed by atoms with Crippen LogP contribution in [-0.4, -0.2) is 14.8 Å². The van der Waals surface area contributed by atoms with E-state index >= 15 is 0 Å². The first kappa shape index (κ1) is 13.1. The molecular weight excluding hydrogens is 236 g/mol. The van der Waals surface area contributed by atoms with Crippen LogP contribution in [0.25, 0.3) is 0 Å². The molecule has 0 aromatic carbocycles. The molecule has 19 heavy (non-hydrogen) atoms. The van der Waals surface area contributed by atoms with Gasteiger partial charge >= 0.3 is 0 Å². The van der Waals surface area contributed by atoms with Crippen molar-refractivity contribution in [3.63, 3.8) is 0 Å². The summed E-state index contributed by atoms with van der Waals surface area (Å²) in [6.07, 6.45) is 12.4. The van der Waals surface area contributed by atoms with E-state index in [9.17, 15) is 0 Å². The number of aromatic nitrogens is 3. The van der Waals surface area contributed by atoms with Gasteiger partial charge in [0.05, 0.1) is 5.54 Å². The van der Waals surface area contributed by atoms with Crippen molar-refractivity contribution in [2.75, 3.05) is 0 Å². The zero-order valence-electron chi connectivity index (χ0n) is 12.1. The van der Waals surface area contributed by atoms with Gasteiger partial charge in [-0.25, -0.2) is 0 Å². The van der Waals surface area contributed by atoms with Crippen LogP contribution in [-0.2, 0) is 5.54 Å². The van der Waals surface area contributed by atoms with Crippen LogP contribution in [0.15, 0.2) is 0 Å². The van der Waals surface area contributed by atoms with E-state index in [2.05, 4.69) is 21.7 Å². The Morgan fingerprint density at radius 1 is 1.00 bits per heavy atom. The molecule has 1 aromatic rings. The molecule has 0 radical (unpaired) electrons. The molecule has 0 spiro atoms. The van der Waals surface area contributed by atoms with Gasteiger partial charge in [-0.1, -0.05) is 38.5 Å². The van der Waals surface area contributed by atoms with Crippen LogP contribution in [0.3, 0.4) is 0 Å². The number of nitrogens with two attached hydrogens (primary N) is 1. The van der Waals surface area contributed by atoms with Crippen molar-refractivity contribution in [3.8, 4) is 0 Å². The molecule has 0 unspecified atom stereocenters. The molecule has 0 amide bonds. The second kappa shape index (κ2) is 5.23. The fraction of sp³-hybridized carbons (Fsp3) is 0.867. The fourth-order valence-corrected chi connectivity index (χ4v) is 3.89. The predicted molar refractivity (Wildman–Crippen MR) is 75.8 cm³/mol. The van der Waals surface area contributed by atoms with Crippen molar-refractivity contribution in [2.45, 2.75) is 82.7 Å². The van der Waals surface area contributed by atoms with Crippen LogP contribution < -0.4 is 5.73 Å². The predicted octanol–water partition coefficient (Wildman–Crippen LogP) is 3.21. The van der Waals surface area contributed by atoms with Gasteiger partial charge in [-0.3, -0.25) is 0 Å². The van der Waals surface area contributed by atoms with Gasteiger partial charge in [-0.15, -0.1) is 10.2 Å². The zero-order chi connectivity index (χ0) is 13.3. The van der Waals surface area contributed by atoms with Gasteiger partial charge in [0, 0.05) is 6.04 Å². The molecule has 0 saturated heterocycles. The third-order valence-electron chi connectivity index (χ3n) is 5.00. The molecule has 2 N–H and O–H groups in total. The molecule has 1 aromatic heterocycles. The van der Waals surface area contributed by atoms with E-state index in [4.69, 9.17) is 5.73 Å². The van der Waals surface area contributed by atoms with Crippen molar-refractivity contribution < 1.29 is 0 Å². The van der Waals surface area contributed by atoms with Crippen molar-refractivity contribution in [1.82, 2.24) is 14.8 Å². The summed E-state index contributed by atoms with van der Waals surface area (Å²) in [5, 5.41) is 8.83. The number of hydrogen-bond acceptors (Lipinski definition) is 3. The second-order valence-corrected chi connectivity index (χ2v) is 6.45. The highest BCUT2D eigenvalue weighted by molar-refractivity contribution is 5.11. The molecular formula is C15H26N4. The van der Waals surface area contributed by atoms with Crippen LogP contribution in [0.4, 0.5) is 0 Å². The number of rotatable bonds is 2. The van der Waals surface area contributed by atoms with E-state index in [1.165, 1.54) is 51.4 Å². The van der Waals surface area contributed by atoms with Gasteiger partial charge in [0.25, 0.3) is 0 Å². The van der Waals surface area contributed by atoms with Gasteiger partial charge in [0.1, 0.15) is 5.82 Å². The first-order valence-corrected chi connectivity index (χ1v) is 7.91. The van der Waals surface area contributed by atoms with E-state index in [0.29, 0.717) is 6.04 Å². The summed E-state index contributed by atoms with van der Waals surface area (Å²) in [5.74, 6) is 2.12. The summed E-state index contributed by atoms with van der Waals surface area (Å²) >= 11 is 0. The average molecular weight is 262 g/mol. The molecule has 3 rings (SSSR count). The largest absolute Gasteiger partial charge is 0.319 e. The van der Waals surface area contributed by atoms with Crippen LogP contribution in [0.5, 0.6) is 0 Å². The molecule has 2 aliphatic carbocycles. The third-order valence-corrected chi connectivity index (χ3v) is 5.00. The molecule has 2 fully saturated rings. The summed E-state index contributed by atoms with van der Waals surface area (Å²) < 4.78 is 2.37. The minimum atomic E-state index is -0.236. The summed E-state index contributed by atoms with van der Waals surface area (Å²) in [7, 11) is 0. The summed E-state index contributed by atoms with van der Waals surface area (Å²) in [6.45, 7) is 2.08. The minimum absolute atomic E-state index is 0.236. The lowest BCUT2D eigenvalue weighted by atomic mass is 9.90. The Morgan fingerprint density at radius 2 is 1.63 bits per heavy atom. The highest BCUT2D eigenvalue weighted by Crippen LogP contribution is 2.37. The smallest absolute Gasteiger partial charge is 0.153 e. The highest BCUT2D eigenvalue weighted by atomic mass is 15.3. The van der Waals surface area contributed by atoms with Crippen LogP contribution in [0.2, 0.25) is 0 Å². The first-order valence-electron chi connectivity index (χ1n) is 7.91.